The molecule has 59 heavy (non-hydrogen) atoms. The number of aliphatic hydroxyl groups is 2. The van der Waals surface area contributed by atoms with E-state index in [4.69, 9.17) is 37.9 Å². The lowest BCUT2D eigenvalue weighted by molar-refractivity contribution is -0.385. The van der Waals surface area contributed by atoms with Crippen LogP contribution in [0.1, 0.15) is 81.3 Å². The normalized spacial score (nSPS) is 36.3. The van der Waals surface area contributed by atoms with E-state index in [9.17, 15) is 43.8 Å². The molecule has 3 fully saturated rings. The summed E-state index contributed by atoms with van der Waals surface area (Å²) in [7, 11) is 0. The Balaban J connectivity index is 1.72. The minimum Gasteiger partial charge on any atom is -0.465 e. The molecule has 1 aromatic carbocycles. The fraction of sp³-hybridized carbons (Fsp3) is 0.561. The van der Waals surface area contributed by atoms with Crippen molar-refractivity contribution < 1.29 is 81.7 Å². The molecular formula is C41H47NO17. The number of esters is 7. The number of aryl methyl sites for hydroxylation is 1. The van der Waals surface area contributed by atoms with Crippen LogP contribution in [0.5, 0.6) is 0 Å². The third kappa shape index (κ3) is 7.20. The first kappa shape index (κ1) is 43.1. The van der Waals surface area contributed by atoms with Crippen LogP contribution >= 0.6 is 0 Å². The zero-order valence-electron chi connectivity index (χ0n) is 33.5. The zero-order chi connectivity index (χ0) is 43.2. The van der Waals surface area contributed by atoms with Crippen LogP contribution in [0, 0.1) is 17.3 Å². The zero-order valence-corrected chi connectivity index (χ0v) is 33.5. The van der Waals surface area contributed by atoms with E-state index in [0.717, 1.165) is 34.6 Å². The van der Waals surface area contributed by atoms with Gasteiger partial charge in [0.25, 0.3) is 0 Å². The molecule has 1 saturated heterocycles. The van der Waals surface area contributed by atoms with Crippen LogP contribution in [0.4, 0.5) is 0 Å². The van der Waals surface area contributed by atoms with Crippen LogP contribution in [0.25, 0.3) is 0 Å². The smallest absolute Gasteiger partial charge is 0.340 e. The van der Waals surface area contributed by atoms with Gasteiger partial charge in [-0.1, -0.05) is 25.1 Å². The fourth-order valence-corrected chi connectivity index (χ4v) is 9.44. The van der Waals surface area contributed by atoms with Crippen molar-refractivity contribution in [3.63, 3.8) is 0 Å². The monoisotopic (exact) mass is 825 g/mol. The second kappa shape index (κ2) is 16.0. The molecule has 3 heterocycles. The highest BCUT2D eigenvalue weighted by Crippen LogP contribution is 2.69. The largest absolute Gasteiger partial charge is 0.465 e. The van der Waals surface area contributed by atoms with Crippen LogP contribution in [0.3, 0.4) is 0 Å². The molecular weight excluding hydrogens is 778 g/mol. The molecule has 18 heteroatoms. The highest BCUT2D eigenvalue weighted by atomic mass is 16.7. The van der Waals surface area contributed by atoms with Crippen molar-refractivity contribution >= 4 is 41.8 Å². The lowest BCUT2D eigenvalue weighted by atomic mass is 9.45. The van der Waals surface area contributed by atoms with Crippen molar-refractivity contribution in [2.24, 2.45) is 17.3 Å². The van der Waals surface area contributed by atoms with Crippen molar-refractivity contribution in [2.45, 2.75) is 115 Å². The lowest BCUT2D eigenvalue weighted by Gasteiger charge is -2.67. The first-order valence-corrected chi connectivity index (χ1v) is 19.0. The van der Waals surface area contributed by atoms with E-state index in [0.29, 0.717) is 0 Å². The third-order valence-electron chi connectivity index (χ3n) is 11.8. The summed E-state index contributed by atoms with van der Waals surface area (Å²) < 4.78 is 48.5. The Morgan fingerprint density at radius 1 is 0.847 bits per heavy atom. The summed E-state index contributed by atoms with van der Waals surface area (Å²) in [6, 6.07) is 10.5. The van der Waals surface area contributed by atoms with E-state index < -0.39 is 126 Å². The van der Waals surface area contributed by atoms with E-state index in [1.807, 2.05) is 0 Å². The molecule has 2 aromatic rings. The molecule has 2 aliphatic heterocycles. The molecule has 18 nitrogen and oxygen atoms in total. The summed E-state index contributed by atoms with van der Waals surface area (Å²) in [6.07, 6.45) is -10.6. The maximum atomic E-state index is 14.2. The molecule has 2 saturated carbocycles. The SMILES string of the molecule is CC(=O)OC[C@@]12[C@H](OC(C)=O)[C@@H](OC(C)=O)[C@H]3[C@@H](O)[C@]14O[C@]3(C)COC(=O)c1cccnc1CC[C@H](C)C(=O)O[C@H]([C@H](OC(=O)c1ccccc1)[C@@H]2OC(C)=O)[C@]4(C)O. The van der Waals surface area contributed by atoms with Crippen LogP contribution in [0.2, 0.25) is 0 Å². The van der Waals surface area contributed by atoms with Crippen molar-refractivity contribution in [2.75, 3.05) is 13.2 Å². The third-order valence-corrected chi connectivity index (χ3v) is 11.8. The number of hydrogen-bond donors (Lipinski definition) is 2. The average molecular weight is 826 g/mol. The molecule has 0 unspecified atom stereocenters. The number of carbonyl (C=O) groups excluding carboxylic acids is 7. The number of aliphatic hydroxyl groups excluding tert-OH is 1. The van der Waals surface area contributed by atoms with Gasteiger partial charge in [0.1, 0.15) is 41.5 Å². The first-order chi connectivity index (χ1) is 27.7. The van der Waals surface area contributed by atoms with Gasteiger partial charge < -0.3 is 48.1 Å². The van der Waals surface area contributed by atoms with E-state index in [1.165, 1.54) is 56.4 Å². The first-order valence-electron chi connectivity index (χ1n) is 19.0. The van der Waals surface area contributed by atoms with Crippen LogP contribution in [0.15, 0.2) is 48.7 Å². The van der Waals surface area contributed by atoms with Gasteiger partial charge in [-0.2, -0.15) is 0 Å². The summed E-state index contributed by atoms with van der Waals surface area (Å²) in [5.41, 5.74) is -9.93. The minimum absolute atomic E-state index is 0.0318. The maximum Gasteiger partial charge on any atom is 0.340 e. The number of hydrogen-bond acceptors (Lipinski definition) is 18. The number of nitrogens with zero attached hydrogens (tertiary/aromatic N) is 1. The van der Waals surface area contributed by atoms with Gasteiger partial charge in [0, 0.05) is 33.9 Å². The van der Waals surface area contributed by atoms with E-state index in [2.05, 4.69) is 4.98 Å². The van der Waals surface area contributed by atoms with Gasteiger partial charge in [0.2, 0.25) is 0 Å². The Kier molecular flexibility index (Phi) is 11.7. The number of fused-ring (bicyclic) bond motifs is 5. The Hall–Kier alpha value is -5.46. The number of cyclic esters (lactones) is 1. The molecule has 318 valence electrons. The fourth-order valence-electron chi connectivity index (χ4n) is 9.44. The van der Waals surface area contributed by atoms with Crippen molar-refractivity contribution in [1.29, 1.82) is 0 Å². The molecule has 2 aliphatic carbocycles. The molecule has 0 radical (unpaired) electrons. The standard InChI is InChI=1S/C41H47NO17/c1-20-15-16-27-26(14-11-17-42-27)37(50)53-18-38(6)28-29(54-22(3)44)33(55-23(4)45)40(19-52-21(2)43)34(56-24(5)46)30(57-36(49)25-12-9-8-10-13-25)32(58-35(20)48)39(7,51)41(40,59-38)31(28)47/h8-14,17,20,28-34,47,51H,15-16,18-19H2,1-7H3/t20-,28-,29-,30-,31+,32+,33+,34-,38+,39-,40-,41+/m0/s1. The molecule has 4 aliphatic rings. The van der Waals surface area contributed by atoms with Gasteiger partial charge in [-0.15, -0.1) is 0 Å². The Bertz CT molecular complexity index is 2020. The number of benzene rings is 1. The second-order valence-electron chi connectivity index (χ2n) is 15.8. The molecule has 4 bridgehead atoms. The van der Waals surface area contributed by atoms with Gasteiger partial charge in [0.05, 0.1) is 34.8 Å². The Labute approximate surface area is 338 Å². The number of pyridine rings is 1. The Morgan fingerprint density at radius 2 is 1.47 bits per heavy atom. The van der Waals surface area contributed by atoms with E-state index in [-0.39, 0.29) is 29.7 Å². The Morgan fingerprint density at radius 3 is 2.08 bits per heavy atom. The quantitative estimate of drug-likeness (QED) is 0.297. The summed E-state index contributed by atoms with van der Waals surface area (Å²) in [4.78, 5) is 98.9. The van der Waals surface area contributed by atoms with E-state index >= 15 is 0 Å². The topological polar surface area (TPSA) is 247 Å². The summed E-state index contributed by atoms with van der Waals surface area (Å²) in [6.45, 7) is 6.22. The van der Waals surface area contributed by atoms with Gasteiger partial charge in [-0.3, -0.25) is 29.0 Å². The number of rotatable bonds is 7. The van der Waals surface area contributed by atoms with Crippen LogP contribution in [-0.2, 0) is 68.3 Å². The molecule has 12 atom stereocenters. The molecule has 6 rings (SSSR count). The van der Waals surface area contributed by atoms with Gasteiger partial charge >= 0.3 is 41.8 Å². The van der Waals surface area contributed by atoms with Crippen LogP contribution in [-0.4, -0.2) is 124 Å². The highest BCUT2D eigenvalue weighted by Gasteiger charge is 2.91. The molecule has 1 aromatic heterocycles. The average Bonchev–Trinajstić information content (AvgIpc) is 3.37. The molecule has 2 N–H and O–H groups in total. The minimum atomic E-state index is -2.81. The number of aromatic nitrogens is 1. The number of ether oxygens (including phenoxy) is 8. The summed E-state index contributed by atoms with van der Waals surface area (Å²) in [5, 5.41) is 26.3. The predicted octanol–water partition coefficient (Wildman–Crippen LogP) is 1.59. The summed E-state index contributed by atoms with van der Waals surface area (Å²) in [5.74, 6) is -9.51. The predicted molar refractivity (Wildman–Crippen MR) is 196 cm³/mol. The second-order valence-corrected chi connectivity index (χ2v) is 15.8. The van der Waals surface area contributed by atoms with Crippen molar-refractivity contribution in [3.05, 3.63) is 65.5 Å². The van der Waals surface area contributed by atoms with Gasteiger partial charge in [-0.05, 0) is 51.0 Å². The van der Waals surface area contributed by atoms with Crippen LogP contribution < -0.4 is 0 Å². The highest BCUT2D eigenvalue weighted by molar-refractivity contribution is 5.91. The number of carbonyl (C=O) groups is 7. The lowest BCUT2D eigenvalue weighted by Crippen LogP contribution is -2.89. The van der Waals surface area contributed by atoms with Crippen molar-refractivity contribution in [1.82, 2.24) is 4.98 Å². The maximum absolute atomic E-state index is 14.2. The van der Waals surface area contributed by atoms with Crippen molar-refractivity contribution in [3.8, 4) is 0 Å². The summed E-state index contributed by atoms with van der Waals surface area (Å²) >= 11 is 0. The van der Waals surface area contributed by atoms with Gasteiger partial charge in [0.15, 0.2) is 24.4 Å². The molecule has 1 spiro atoms. The van der Waals surface area contributed by atoms with E-state index in [1.54, 1.807) is 6.07 Å². The van der Waals surface area contributed by atoms with Gasteiger partial charge in [-0.25, -0.2) is 9.59 Å². The molecule has 0 amide bonds.